The highest BCUT2D eigenvalue weighted by molar-refractivity contribution is 6.20. The molecule has 0 aromatic heterocycles. The minimum absolute atomic E-state index is 0.118. The highest BCUT2D eigenvalue weighted by atomic mass is 35.5. The van der Waals surface area contributed by atoms with Gasteiger partial charge in [0.2, 0.25) is 0 Å². The van der Waals surface area contributed by atoms with Gasteiger partial charge in [0.15, 0.2) is 0 Å². The molecule has 78 valence electrons. The Balaban J connectivity index is 2.03. The quantitative estimate of drug-likeness (QED) is 0.695. The Bertz CT molecular complexity index is 126. The van der Waals surface area contributed by atoms with Gasteiger partial charge in [-0.3, -0.25) is 0 Å². The molecular weight excluding hydrogens is 186 g/mol. The molecule has 0 aromatic rings. The van der Waals surface area contributed by atoms with Crippen LogP contribution in [-0.4, -0.2) is 31.7 Å². The van der Waals surface area contributed by atoms with Crippen LogP contribution in [0.2, 0.25) is 0 Å². The van der Waals surface area contributed by atoms with E-state index in [-0.39, 0.29) is 5.38 Å². The SMILES string of the molecule is COCC(Cl)CNC1CCCCC1. The lowest BCUT2D eigenvalue weighted by Gasteiger charge is -2.23. The van der Waals surface area contributed by atoms with Gasteiger partial charge in [-0.05, 0) is 12.8 Å². The van der Waals surface area contributed by atoms with E-state index in [9.17, 15) is 0 Å². The summed E-state index contributed by atoms with van der Waals surface area (Å²) in [4.78, 5) is 0. The highest BCUT2D eigenvalue weighted by Gasteiger charge is 2.13. The van der Waals surface area contributed by atoms with Crippen molar-refractivity contribution in [1.29, 1.82) is 0 Å². The molecule has 1 aliphatic carbocycles. The number of ether oxygens (including phenoxy) is 1. The summed E-state index contributed by atoms with van der Waals surface area (Å²) in [5.74, 6) is 0. The molecular formula is C10H20ClNO. The topological polar surface area (TPSA) is 21.3 Å². The summed E-state index contributed by atoms with van der Waals surface area (Å²) in [5.41, 5.74) is 0. The van der Waals surface area contributed by atoms with Gasteiger partial charge in [-0.1, -0.05) is 19.3 Å². The lowest BCUT2D eigenvalue weighted by Crippen LogP contribution is -2.36. The second-order valence-corrected chi connectivity index (χ2v) is 4.41. The molecule has 0 aromatic carbocycles. The van der Waals surface area contributed by atoms with Gasteiger partial charge < -0.3 is 10.1 Å². The van der Waals surface area contributed by atoms with Gasteiger partial charge in [-0.15, -0.1) is 11.6 Å². The second-order valence-electron chi connectivity index (χ2n) is 3.80. The summed E-state index contributed by atoms with van der Waals surface area (Å²) in [7, 11) is 1.69. The average Bonchev–Trinajstić information content (AvgIpc) is 2.17. The molecule has 1 atom stereocenters. The second kappa shape index (κ2) is 6.63. The average molecular weight is 206 g/mol. The van der Waals surface area contributed by atoms with Crippen LogP contribution in [0.15, 0.2) is 0 Å². The van der Waals surface area contributed by atoms with E-state index >= 15 is 0 Å². The molecule has 0 heterocycles. The maximum atomic E-state index is 6.01. The highest BCUT2D eigenvalue weighted by Crippen LogP contribution is 2.17. The molecule has 1 unspecified atom stereocenters. The minimum atomic E-state index is 0.118. The molecule has 13 heavy (non-hydrogen) atoms. The normalized spacial score (nSPS) is 21.7. The van der Waals surface area contributed by atoms with Crippen LogP contribution in [0.1, 0.15) is 32.1 Å². The molecule has 1 N–H and O–H groups in total. The van der Waals surface area contributed by atoms with E-state index < -0.39 is 0 Å². The van der Waals surface area contributed by atoms with Crippen molar-refractivity contribution in [1.82, 2.24) is 5.32 Å². The van der Waals surface area contributed by atoms with Gasteiger partial charge in [-0.25, -0.2) is 0 Å². The first-order valence-electron chi connectivity index (χ1n) is 5.19. The van der Waals surface area contributed by atoms with Gasteiger partial charge in [0, 0.05) is 19.7 Å². The Morgan fingerprint density at radius 2 is 2.08 bits per heavy atom. The zero-order chi connectivity index (χ0) is 9.52. The van der Waals surface area contributed by atoms with Crippen molar-refractivity contribution in [3.63, 3.8) is 0 Å². The lowest BCUT2D eigenvalue weighted by atomic mass is 9.95. The molecule has 0 amide bonds. The number of methoxy groups -OCH3 is 1. The van der Waals surface area contributed by atoms with Crippen molar-refractivity contribution in [2.24, 2.45) is 0 Å². The Morgan fingerprint density at radius 1 is 1.38 bits per heavy atom. The third-order valence-corrected chi connectivity index (χ3v) is 2.86. The molecule has 1 fully saturated rings. The van der Waals surface area contributed by atoms with E-state index in [0.29, 0.717) is 12.6 Å². The maximum absolute atomic E-state index is 6.01. The molecule has 1 rings (SSSR count). The molecule has 1 aliphatic rings. The Labute approximate surface area is 86.0 Å². The van der Waals surface area contributed by atoms with Gasteiger partial charge in [0.25, 0.3) is 0 Å². The van der Waals surface area contributed by atoms with E-state index in [0.717, 1.165) is 6.54 Å². The zero-order valence-corrected chi connectivity index (χ0v) is 9.15. The van der Waals surface area contributed by atoms with Crippen molar-refractivity contribution >= 4 is 11.6 Å². The monoisotopic (exact) mass is 205 g/mol. The number of hydrogen-bond acceptors (Lipinski definition) is 2. The number of alkyl halides is 1. The Kier molecular flexibility index (Phi) is 5.76. The largest absolute Gasteiger partial charge is 0.383 e. The van der Waals surface area contributed by atoms with Crippen LogP contribution in [0.25, 0.3) is 0 Å². The zero-order valence-electron chi connectivity index (χ0n) is 8.39. The predicted octanol–water partition coefficient (Wildman–Crippen LogP) is 2.16. The van der Waals surface area contributed by atoms with E-state index in [4.69, 9.17) is 16.3 Å². The predicted molar refractivity (Wildman–Crippen MR) is 56.4 cm³/mol. The van der Waals surface area contributed by atoms with Crippen LogP contribution < -0.4 is 5.32 Å². The fourth-order valence-corrected chi connectivity index (χ4v) is 2.06. The molecule has 0 bridgehead atoms. The van der Waals surface area contributed by atoms with Crippen LogP contribution >= 0.6 is 11.6 Å². The van der Waals surface area contributed by atoms with Crippen LogP contribution in [0.3, 0.4) is 0 Å². The van der Waals surface area contributed by atoms with Gasteiger partial charge in [0.05, 0.1) is 12.0 Å². The lowest BCUT2D eigenvalue weighted by molar-refractivity contribution is 0.194. The number of halogens is 1. The summed E-state index contributed by atoms with van der Waals surface area (Å²) in [5, 5.41) is 3.61. The fraction of sp³-hybridized carbons (Fsp3) is 1.00. The Hall–Kier alpha value is 0.210. The molecule has 0 radical (unpaired) electrons. The van der Waals surface area contributed by atoms with Crippen molar-refractivity contribution < 1.29 is 4.74 Å². The van der Waals surface area contributed by atoms with E-state index in [1.165, 1.54) is 32.1 Å². The number of nitrogens with one attached hydrogen (secondary N) is 1. The first kappa shape index (κ1) is 11.3. The smallest absolute Gasteiger partial charge is 0.0694 e. The van der Waals surface area contributed by atoms with E-state index in [1.807, 2.05) is 0 Å². The van der Waals surface area contributed by atoms with Gasteiger partial charge in [0.1, 0.15) is 0 Å². The first-order valence-corrected chi connectivity index (χ1v) is 5.63. The number of hydrogen-bond donors (Lipinski definition) is 1. The molecule has 1 saturated carbocycles. The van der Waals surface area contributed by atoms with Crippen molar-refractivity contribution in [2.75, 3.05) is 20.3 Å². The first-order chi connectivity index (χ1) is 6.33. The summed E-state index contributed by atoms with van der Waals surface area (Å²) >= 11 is 6.01. The summed E-state index contributed by atoms with van der Waals surface area (Å²) < 4.78 is 4.97. The van der Waals surface area contributed by atoms with Gasteiger partial charge in [-0.2, -0.15) is 0 Å². The van der Waals surface area contributed by atoms with Crippen LogP contribution in [0.4, 0.5) is 0 Å². The summed E-state index contributed by atoms with van der Waals surface area (Å²) in [6, 6.07) is 0.701. The third kappa shape index (κ3) is 4.84. The Morgan fingerprint density at radius 3 is 2.69 bits per heavy atom. The van der Waals surface area contributed by atoms with Crippen molar-refractivity contribution in [2.45, 2.75) is 43.5 Å². The van der Waals surface area contributed by atoms with Crippen molar-refractivity contribution in [3.8, 4) is 0 Å². The molecule has 2 nitrogen and oxygen atoms in total. The molecule has 3 heteroatoms. The van der Waals surface area contributed by atoms with Crippen LogP contribution in [0, 0.1) is 0 Å². The third-order valence-electron chi connectivity index (χ3n) is 2.58. The summed E-state index contributed by atoms with van der Waals surface area (Å²) in [6.07, 6.45) is 6.78. The van der Waals surface area contributed by atoms with E-state index in [1.54, 1.807) is 7.11 Å². The summed E-state index contributed by atoms with van der Waals surface area (Å²) in [6.45, 7) is 1.52. The van der Waals surface area contributed by atoms with Gasteiger partial charge >= 0.3 is 0 Å². The maximum Gasteiger partial charge on any atom is 0.0694 e. The standard InChI is InChI=1S/C10H20ClNO/c1-13-8-9(11)7-12-10-5-3-2-4-6-10/h9-10,12H,2-8H2,1H3. The number of rotatable bonds is 5. The fourth-order valence-electron chi connectivity index (χ4n) is 1.84. The molecule has 0 aliphatic heterocycles. The molecule has 0 saturated heterocycles. The molecule has 0 spiro atoms. The van der Waals surface area contributed by atoms with Crippen LogP contribution in [0.5, 0.6) is 0 Å². The van der Waals surface area contributed by atoms with Crippen molar-refractivity contribution in [3.05, 3.63) is 0 Å². The minimum Gasteiger partial charge on any atom is -0.383 e. The van der Waals surface area contributed by atoms with Crippen LogP contribution in [-0.2, 0) is 4.74 Å². The van der Waals surface area contributed by atoms with E-state index in [2.05, 4.69) is 5.32 Å².